The molecule has 0 aliphatic rings. The third-order valence-corrected chi connectivity index (χ3v) is 6.83. The van der Waals surface area contributed by atoms with Crippen LogP contribution in [0.1, 0.15) is 48.5 Å². The molecule has 0 saturated heterocycles. The molecule has 0 bridgehead atoms. The highest BCUT2D eigenvalue weighted by molar-refractivity contribution is 7.92. The van der Waals surface area contributed by atoms with Gasteiger partial charge in [-0.05, 0) is 23.5 Å². The second kappa shape index (κ2) is 7.22. The van der Waals surface area contributed by atoms with Crippen LogP contribution in [0.25, 0.3) is 11.1 Å². The van der Waals surface area contributed by atoms with Crippen LogP contribution < -0.4 is 0 Å². The smallest absolute Gasteiger partial charge is 0.349 e. The molecule has 0 unspecified atom stereocenters. The van der Waals surface area contributed by atoms with Gasteiger partial charge in [-0.2, -0.15) is 5.26 Å². The van der Waals surface area contributed by atoms with Gasteiger partial charge < -0.3 is 4.74 Å². The van der Waals surface area contributed by atoms with Gasteiger partial charge in [-0.25, -0.2) is 13.2 Å². The molecule has 5 nitrogen and oxygen atoms in total. The highest BCUT2D eigenvalue weighted by Crippen LogP contribution is 2.40. The van der Waals surface area contributed by atoms with E-state index in [-0.39, 0.29) is 26.7 Å². The Morgan fingerprint density at radius 2 is 1.81 bits per heavy atom. The fourth-order valence-electron chi connectivity index (χ4n) is 2.53. The van der Waals surface area contributed by atoms with E-state index in [2.05, 4.69) is 20.8 Å². The number of rotatable bonds is 4. The van der Waals surface area contributed by atoms with Crippen molar-refractivity contribution in [3.8, 4) is 17.2 Å². The average molecular weight is 392 g/mol. The summed E-state index contributed by atoms with van der Waals surface area (Å²) < 4.78 is 29.1. The lowest BCUT2D eigenvalue weighted by molar-refractivity contribution is 0.0533. The van der Waals surface area contributed by atoms with Crippen molar-refractivity contribution in [2.45, 2.75) is 37.3 Å². The van der Waals surface area contributed by atoms with Crippen molar-refractivity contribution in [2.24, 2.45) is 0 Å². The fraction of sp³-hybridized carbons (Fsp3) is 0.368. The summed E-state index contributed by atoms with van der Waals surface area (Å²) >= 11 is 0.785. The molecular weight excluding hydrogens is 370 g/mol. The molecule has 1 heterocycles. The van der Waals surface area contributed by atoms with Gasteiger partial charge in [0.25, 0.3) is 0 Å². The summed E-state index contributed by atoms with van der Waals surface area (Å²) in [6.07, 6.45) is 1.03. The van der Waals surface area contributed by atoms with Gasteiger partial charge >= 0.3 is 5.97 Å². The van der Waals surface area contributed by atoms with Crippen LogP contribution in [-0.2, 0) is 20.0 Å². The number of nitriles is 1. The van der Waals surface area contributed by atoms with Gasteiger partial charge in [0.15, 0.2) is 9.84 Å². The molecule has 0 radical (unpaired) electrons. The lowest BCUT2D eigenvalue weighted by Gasteiger charge is -2.19. The Balaban J connectivity index is 2.75. The molecule has 2 rings (SSSR count). The monoisotopic (exact) mass is 391 g/mol. The Labute approximate surface area is 158 Å². The number of benzene rings is 1. The van der Waals surface area contributed by atoms with E-state index >= 15 is 0 Å². The molecule has 1 aromatic heterocycles. The van der Waals surface area contributed by atoms with E-state index in [0.29, 0.717) is 11.1 Å². The number of carbonyl (C=O) groups is 1. The molecule has 2 aromatic rings. The molecule has 1 aromatic carbocycles. The Morgan fingerprint density at radius 1 is 1.23 bits per heavy atom. The molecule has 0 amide bonds. The number of hydrogen-bond donors (Lipinski definition) is 0. The van der Waals surface area contributed by atoms with Crippen molar-refractivity contribution in [3.05, 3.63) is 40.3 Å². The summed E-state index contributed by atoms with van der Waals surface area (Å²) in [4.78, 5) is 12.5. The first-order valence-corrected chi connectivity index (χ1v) is 10.8. The van der Waals surface area contributed by atoms with Crippen LogP contribution in [0.15, 0.2) is 28.5 Å². The highest BCUT2D eigenvalue weighted by atomic mass is 32.2. The zero-order chi connectivity index (χ0) is 19.7. The van der Waals surface area contributed by atoms with Gasteiger partial charge in [0.05, 0.1) is 12.2 Å². The van der Waals surface area contributed by atoms with Gasteiger partial charge in [0.2, 0.25) is 0 Å². The fourth-order valence-corrected chi connectivity index (χ4v) is 4.80. The topological polar surface area (TPSA) is 84.2 Å². The van der Waals surface area contributed by atoms with Crippen molar-refractivity contribution in [1.29, 1.82) is 5.26 Å². The number of sulfone groups is 1. The largest absolute Gasteiger partial charge is 0.462 e. The molecule has 0 spiro atoms. The summed E-state index contributed by atoms with van der Waals surface area (Å²) in [5.74, 6) is -0.626. The first-order valence-electron chi connectivity index (χ1n) is 8.05. The van der Waals surface area contributed by atoms with Gasteiger partial charge in [-0.1, -0.05) is 45.0 Å². The number of hydrogen-bond acceptors (Lipinski definition) is 6. The number of nitrogens with zero attached hydrogens (tertiary/aromatic N) is 1. The zero-order valence-corrected chi connectivity index (χ0v) is 17.0. The van der Waals surface area contributed by atoms with E-state index in [4.69, 9.17) is 4.74 Å². The molecule has 26 heavy (non-hydrogen) atoms. The van der Waals surface area contributed by atoms with Crippen LogP contribution in [0.3, 0.4) is 0 Å². The van der Waals surface area contributed by atoms with Crippen LogP contribution in [0.4, 0.5) is 0 Å². The molecule has 0 saturated carbocycles. The van der Waals surface area contributed by atoms with E-state index in [1.807, 2.05) is 18.2 Å². The van der Waals surface area contributed by atoms with Gasteiger partial charge in [-0.3, -0.25) is 0 Å². The van der Waals surface area contributed by atoms with E-state index < -0.39 is 15.8 Å². The normalized spacial score (nSPS) is 11.8. The van der Waals surface area contributed by atoms with Crippen molar-refractivity contribution >= 4 is 27.1 Å². The van der Waals surface area contributed by atoms with Crippen LogP contribution in [0, 0.1) is 11.3 Å². The SMILES string of the molecule is CCOC(=O)c1sc(S(C)(=O)=O)c(C#N)c1-c1ccc(C(C)(C)C)cc1. The Kier molecular flexibility index (Phi) is 5.59. The van der Waals surface area contributed by atoms with Gasteiger partial charge in [0.1, 0.15) is 15.2 Å². The molecule has 0 aliphatic carbocycles. The summed E-state index contributed by atoms with van der Waals surface area (Å²) in [7, 11) is -3.65. The minimum atomic E-state index is -3.65. The molecule has 0 atom stereocenters. The summed E-state index contributed by atoms with van der Waals surface area (Å²) in [6.45, 7) is 8.08. The molecule has 138 valence electrons. The van der Waals surface area contributed by atoms with Crippen molar-refractivity contribution in [1.82, 2.24) is 0 Å². The van der Waals surface area contributed by atoms with Crippen LogP contribution in [0.5, 0.6) is 0 Å². The highest BCUT2D eigenvalue weighted by Gasteiger charge is 2.29. The lowest BCUT2D eigenvalue weighted by atomic mass is 9.86. The van der Waals surface area contributed by atoms with E-state index in [9.17, 15) is 18.5 Å². The standard InChI is InChI=1S/C19H21NO4S2/c1-6-24-17(21)16-15(14(11-20)18(25-16)26(5,22)23)12-7-9-13(10-8-12)19(2,3)4/h7-10H,6H2,1-5H3. The first-order chi connectivity index (χ1) is 12.0. The summed E-state index contributed by atoms with van der Waals surface area (Å²) in [5.41, 5.74) is 1.97. The van der Waals surface area contributed by atoms with Crippen LogP contribution in [0.2, 0.25) is 0 Å². The van der Waals surface area contributed by atoms with Crippen molar-refractivity contribution in [3.63, 3.8) is 0 Å². The molecule has 0 fully saturated rings. The lowest BCUT2D eigenvalue weighted by Crippen LogP contribution is -2.10. The van der Waals surface area contributed by atoms with E-state index in [0.717, 1.165) is 23.2 Å². The summed E-state index contributed by atoms with van der Waals surface area (Å²) in [6, 6.07) is 9.40. The van der Waals surface area contributed by atoms with Crippen LogP contribution in [-0.4, -0.2) is 27.2 Å². The minimum absolute atomic E-state index is 0.0101. The maximum Gasteiger partial charge on any atom is 0.349 e. The van der Waals surface area contributed by atoms with Crippen molar-refractivity contribution < 1.29 is 17.9 Å². The molecular formula is C19H21NO4S2. The maximum absolute atomic E-state index is 12.4. The van der Waals surface area contributed by atoms with Gasteiger partial charge in [-0.15, -0.1) is 11.3 Å². The van der Waals surface area contributed by atoms with E-state index in [1.165, 1.54) is 0 Å². The Hall–Kier alpha value is -2.17. The summed E-state index contributed by atoms with van der Waals surface area (Å²) in [5, 5.41) is 9.57. The predicted molar refractivity (Wildman–Crippen MR) is 102 cm³/mol. The number of esters is 1. The van der Waals surface area contributed by atoms with Gasteiger partial charge in [0, 0.05) is 11.8 Å². The Bertz CT molecular complexity index is 972. The van der Waals surface area contributed by atoms with Crippen molar-refractivity contribution in [2.75, 3.05) is 12.9 Å². The quantitative estimate of drug-likeness (QED) is 0.731. The zero-order valence-electron chi connectivity index (χ0n) is 15.4. The third kappa shape index (κ3) is 3.97. The molecule has 0 N–H and O–H groups in total. The number of ether oxygens (including phenoxy) is 1. The third-order valence-electron chi connectivity index (χ3n) is 3.82. The maximum atomic E-state index is 12.4. The number of carbonyl (C=O) groups excluding carboxylic acids is 1. The predicted octanol–water partition coefficient (Wildman–Crippen LogP) is 4.16. The first kappa shape index (κ1) is 20.1. The van der Waals surface area contributed by atoms with E-state index in [1.54, 1.807) is 19.1 Å². The molecule has 0 aliphatic heterocycles. The minimum Gasteiger partial charge on any atom is -0.462 e. The Morgan fingerprint density at radius 3 is 2.23 bits per heavy atom. The molecule has 7 heteroatoms. The van der Waals surface area contributed by atoms with Crippen LogP contribution >= 0.6 is 11.3 Å². The second-order valence-corrected chi connectivity index (χ2v) is 10.1. The average Bonchev–Trinajstić information content (AvgIpc) is 2.94. The number of thiophene rings is 1. The second-order valence-electron chi connectivity index (χ2n) is 6.90.